The van der Waals surface area contributed by atoms with Crippen molar-refractivity contribution < 1.29 is 9.50 Å². The van der Waals surface area contributed by atoms with E-state index in [1.165, 1.54) is 12.1 Å². The average Bonchev–Trinajstić information content (AvgIpc) is 2.68. The average molecular weight is 362 g/mol. The lowest BCUT2D eigenvalue weighted by atomic mass is 10.0. The first-order chi connectivity index (χ1) is 9.43. The predicted molar refractivity (Wildman–Crippen MR) is 80.4 cm³/mol. The summed E-state index contributed by atoms with van der Waals surface area (Å²) < 4.78 is 15.6. The fraction of sp³-hybridized carbons (Fsp3) is 0.357. The summed E-state index contributed by atoms with van der Waals surface area (Å²) in [6.45, 7) is 1.97. The highest BCUT2D eigenvalue weighted by molar-refractivity contribution is 9.10. The van der Waals surface area contributed by atoms with Crippen molar-refractivity contribution in [1.82, 2.24) is 9.78 Å². The molecule has 0 radical (unpaired) electrons. The normalized spacial score (nSPS) is 12.7. The number of benzene rings is 1. The van der Waals surface area contributed by atoms with Gasteiger partial charge in [-0.05, 0) is 30.2 Å². The zero-order valence-corrected chi connectivity index (χ0v) is 13.5. The van der Waals surface area contributed by atoms with Crippen LogP contribution in [0.3, 0.4) is 0 Å². The Labute approximate surface area is 130 Å². The molecule has 0 aliphatic heterocycles. The van der Waals surface area contributed by atoms with Crippen LogP contribution in [0, 0.1) is 5.82 Å². The minimum absolute atomic E-state index is 0.282. The van der Waals surface area contributed by atoms with Crippen LogP contribution < -0.4 is 0 Å². The Morgan fingerprint density at radius 1 is 1.50 bits per heavy atom. The molecular weight excluding hydrogens is 347 g/mol. The molecule has 3 nitrogen and oxygen atoms in total. The van der Waals surface area contributed by atoms with Gasteiger partial charge in [-0.25, -0.2) is 4.39 Å². The van der Waals surface area contributed by atoms with E-state index in [0.717, 1.165) is 17.8 Å². The highest BCUT2D eigenvalue weighted by Gasteiger charge is 2.19. The maximum Gasteiger partial charge on any atom is 0.123 e. The molecule has 0 fully saturated rings. The summed E-state index contributed by atoms with van der Waals surface area (Å²) in [6, 6.07) is 4.24. The molecule has 1 heterocycles. The minimum atomic E-state index is -0.849. The topological polar surface area (TPSA) is 38.0 Å². The molecule has 6 heteroatoms. The number of aliphatic hydroxyl groups excluding tert-OH is 1. The van der Waals surface area contributed by atoms with Gasteiger partial charge < -0.3 is 5.11 Å². The summed E-state index contributed by atoms with van der Waals surface area (Å²) in [4.78, 5) is 0. The van der Waals surface area contributed by atoms with Crippen molar-refractivity contribution in [1.29, 1.82) is 0 Å². The Kier molecular flexibility index (Phi) is 4.83. The van der Waals surface area contributed by atoms with Crippen molar-refractivity contribution in [2.45, 2.75) is 25.9 Å². The van der Waals surface area contributed by atoms with E-state index in [1.54, 1.807) is 17.8 Å². The van der Waals surface area contributed by atoms with Crippen LogP contribution >= 0.6 is 27.5 Å². The third-order valence-corrected chi connectivity index (χ3v) is 4.37. The molecule has 1 aromatic heterocycles. The van der Waals surface area contributed by atoms with Gasteiger partial charge in [-0.3, -0.25) is 4.68 Å². The second kappa shape index (κ2) is 6.24. The number of aryl methyl sites for hydroxylation is 2. The lowest BCUT2D eigenvalue weighted by Crippen LogP contribution is -2.07. The molecule has 0 spiro atoms. The van der Waals surface area contributed by atoms with Crippen molar-refractivity contribution in [3.8, 4) is 0 Å². The smallest absolute Gasteiger partial charge is 0.123 e. The van der Waals surface area contributed by atoms with Gasteiger partial charge in [-0.15, -0.1) is 0 Å². The van der Waals surface area contributed by atoms with Gasteiger partial charge in [0.15, 0.2) is 0 Å². The first-order valence-corrected chi connectivity index (χ1v) is 7.44. The molecule has 0 bridgehead atoms. The van der Waals surface area contributed by atoms with E-state index in [0.29, 0.717) is 15.1 Å². The van der Waals surface area contributed by atoms with E-state index in [9.17, 15) is 9.50 Å². The number of nitrogens with zero attached hydrogens (tertiary/aromatic N) is 2. The molecule has 1 N–H and O–H groups in total. The van der Waals surface area contributed by atoms with Gasteiger partial charge in [0.25, 0.3) is 0 Å². The Hall–Kier alpha value is -0.910. The van der Waals surface area contributed by atoms with Gasteiger partial charge in [0.1, 0.15) is 5.82 Å². The molecule has 0 amide bonds. The van der Waals surface area contributed by atoms with Crippen LogP contribution in [0.15, 0.2) is 22.7 Å². The zero-order chi connectivity index (χ0) is 14.9. The molecule has 1 aromatic carbocycles. The monoisotopic (exact) mass is 360 g/mol. The van der Waals surface area contributed by atoms with Crippen LogP contribution in [0.4, 0.5) is 4.39 Å². The van der Waals surface area contributed by atoms with E-state index in [2.05, 4.69) is 21.0 Å². The third-order valence-electron chi connectivity index (χ3n) is 3.21. The Bertz CT molecular complexity index is 630. The van der Waals surface area contributed by atoms with Crippen molar-refractivity contribution in [3.05, 3.63) is 50.5 Å². The number of hydrogen-bond acceptors (Lipinski definition) is 2. The fourth-order valence-corrected chi connectivity index (χ4v) is 2.99. The summed E-state index contributed by atoms with van der Waals surface area (Å²) in [7, 11) is 1.79. The Morgan fingerprint density at radius 3 is 2.80 bits per heavy atom. The van der Waals surface area contributed by atoms with Crippen LogP contribution in [0.5, 0.6) is 0 Å². The zero-order valence-electron chi connectivity index (χ0n) is 11.2. The quantitative estimate of drug-likeness (QED) is 0.899. The number of aromatic nitrogens is 2. The van der Waals surface area contributed by atoms with E-state index in [4.69, 9.17) is 11.6 Å². The van der Waals surface area contributed by atoms with Gasteiger partial charge in [0, 0.05) is 17.9 Å². The van der Waals surface area contributed by atoms with E-state index >= 15 is 0 Å². The molecule has 0 saturated heterocycles. The number of aliphatic hydroxyl groups is 1. The molecule has 2 aromatic rings. The predicted octanol–water partition coefficient (Wildman–Crippen LogP) is 3.81. The second-order valence-corrected chi connectivity index (χ2v) is 5.80. The van der Waals surface area contributed by atoms with Gasteiger partial charge in [0.05, 0.1) is 22.5 Å². The second-order valence-electron chi connectivity index (χ2n) is 4.57. The van der Waals surface area contributed by atoms with Gasteiger partial charge in [-0.1, -0.05) is 34.5 Å². The lowest BCUT2D eigenvalue weighted by molar-refractivity contribution is 0.174. The van der Waals surface area contributed by atoms with Crippen LogP contribution in [0.2, 0.25) is 5.02 Å². The fourth-order valence-electron chi connectivity index (χ4n) is 2.10. The number of halogens is 3. The highest BCUT2D eigenvalue weighted by Crippen LogP contribution is 2.30. The maximum absolute atomic E-state index is 13.3. The molecular formula is C14H15BrClFN2O. The minimum Gasteiger partial charge on any atom is -0.388 e. The molecule has 1 atom stereocenters. The summed E-state index contributed by atoms with van der Waals surface area (Å²) in [5.41, 5.74) is 2.04. The lowest BCUT2D eigenvalue weighted by Gasteiger charge is -2.13. The molecule has 0 aliphatic carbocycles. The molecule has 0 aliphatic rings. The van der Waals surface area contributed by atoms with Crippen molar-refractivity contribution in [2.75, 3.05) is 0 Å². The third kappa shape index (κ3) is 3.05. The van der Waals surface area contributed by atoms with Gasteiger partial charge in [0.2, 0.25) is 0 Å². The molecule has 20 heavy (non-hydrogen) atoms. The SMILES string of the molecule is CCc1nn(C)c(CC(O)c2cc(F)ccc2Br)c1Cl. The highest BCUT2D eigenvalue weighted by atomic mass is 79.9. The largest absolute Gasteiger partial charge is 0.388 e. The summed E-state index contributed by atoms with van der Waals surface area (Å²) >= 11 is 9.57. The number of rotatable bonds is 4. The first kappa shape index (κ1) is 15.5. The van der Waals surface area contributed by atoms with Crippen molar-refractivity contribution in [3.63, 3.8) is 0 Å². The van der Waals surface area contributed by atoms with Crippen molar-refractivity contribution in [2.24, 2.45) is 7.05 Å². The van der Waals surface area contributed by atoms with Crippen LogP contribution in [0.25, 0.3) is 0 Å². The van der Waals surface area contributed by atoms with Crippen LogP contribution in [-0.2, 0) is 19.9 Å². The van der Waals surface area contributed by atoms with Crippen molar-refractivity contribution >= 4 is 27.5 Å². The molecule has 2 rings (SSSR count). The maximum atomic E-state index is 13.3. The van der Waals surface area contributed by atoms with E-state index < -0.39 is 6.10 Å². The molecule has 1 unspecified atom stereocenters. The standard InChI is InChI=1S/C14H15BrClFN2O/c1-3-11-14(16)12(19(2)18-11)7-13(20)9-6-8(17)4-5-10(9)15/h4-6,13,20H,3,7H2,1-2H3. The van der Waals surface area contributed by atoms with Gasteiger partial charge >= 0.3 is 0 Å². The van der Waals surface area contributed by atoms with Gasteiger partial charge in [-0.2, -0.15) is 5.10 Å². The molecule has 0 saturated carbocycles. The first-order valence-electron chi connectivity index (χ1n) is 6.27. The van der Waals surface area contributed by atoms with E-state index in [1.807, 2.05) is 6.92 Å². The summed E-state index contributed by atoms with van der Waals surface area (Å²) in [5, 5.41) is 15.2. The van der Waals surface area contributed by atoms with Crippen LogP contribution in [0.1, 0.15) is 30.0 Å². The Balaban J connectivity index is 2.30. The molecule has 108 valence electrons. The number of hydrogen-bond donors (Lipinski definition) is 1. The summed E-state index contributed by atoms with van der Waals surface area (Å²) in [5.74, 6) is -0.382. The van der Waals surface area contributed by atoms with E-state index in [-0.39, 0.29) is 12.2 Å². The summed E-state index contributed by atoms with van der Waals surface area (Å²) in [6.07, 6.45) is 0.161. The Morgan fingerprint density at radius 2 is 2.20 bits per heavy atom. The van der Waals surface area contributed by atoms with Crippen LogP contribution in [-0.4, -0.2) is 14.9 Å².